The number of hydrogen-bond donors (Lipinski definition) is 1. The van der Waals surface area contributed by atoms with Gasteiger partial charge in [-0.05, 0) is 47.4 Å². The lowest BCUT2D eigenvalue weighted by Crippen LogP contribution is -2.48. The van der Waals surface area contributed by atoms with E-state index in [4.69, 9.17) is 0 Å². The molecule has 1 amide bonds. The van der Waals surface area contributed by atoms with E-state index in [0.29, 0.717) is 18.5 Å². The molecule has 6 nitrogen and oxygen atoms in total. The number of carbonyl (C=O) groups excluding carboxylic acids is 2. The molecule has 0 bridgehead atoms. The summed E-state index contributed by atoms with van der Waals surface area (Å²) >= 11 is 1.17. The summed E-state index contributed by atoms with van der Waals surface area (Å²) in [5, 5.41) is 6.27. The third-order valence-electron chi connectivity index (χ3n) is 5.87. The number of ketones is 1. The Balaban J connectivity index is 1.48. The molecular weight excluding hydrogens is 420 g/mol. The number of piperidine rings is 1. The van der Waals surface area contributed by atoms with Crippen molar-refractivity contribution in [3.8, 4) is 0 Å². The number of benzene rings is 2. The van der Waals surface area contributed by atoms with Crippen molar-refractivity contribution >= 4 is 49.5 Å². The molecule has 3 heterocycles. The van der Waals surface area contributed by atoms with Gasteiger partial charge in [-0.25, -0.2) is 8.42 Å². The van der Waals surface area contributed by atoms with Gasteiger partial charge in [-0.15, -0.1) is 11.3 Å². The van der Waals surface area contributed by atoms with Crippen molar-refractivity contribution in [1.82, 2.24) is 4.31 Å². The van der Waals surface area contributed by atoms with Crippen LogP contribution in [-0.4, -0.2) is 37.0 Å². The van der Waals surface area contributed by atoms with Gasteiger partial charge in [0, 0.05) is 29.6 Å². The fraction of sp³-hybridized carbons (Fsp3) is 0.273. The summed E-state index contributed by atoms with van der Waals surface area (Å²) in [6.45, 7) is 0.360. The Morgan fingerprint density at radius 1 is 1.13 bits per heavy atom. The molecule has 30 heavy (non-hydrogen) atoms. The number of amides is 1. The number of rotatable bonds is 5. The van der Waals surface area contributed by atoms with Crippen molar-refractivity contribution in [2.24, 2.45) is 0 Å². The lowest BCUT2D eigenvalue weighted by atomic mass is 9.93. The molecular formula is C22H20N2O4S2. The topological polar surface area (TPSA) is 83.6 Å². The molecule has 0 aliphatic carbocycles. The van der Waals surface area contributed by atoms with E-state index in [1.165, 1.54) is 15.6 Å². The second-order valence-electron chi connectivity index (χ2n) is 7.66. The first-order valence-corrected chi connectivity index (χ1v) is 12.2. The van der Waals surface area contributed by atoms with Gasteiger partial charge < -0.3 is 5.32 Å². The van der Waals surface area contributed by atoms with E-state index >= 15 is 0 Å². The maximum atomic E-state index is 13.3. The molecule has 154 valence electrons. The Bertz CT molecular complexity index is 1270. The molecule has 1 N–H and O–H groups in total. The summed E-state index contributed by atoms with van der Waals surface area (Å²) in [5.41, 5.74) is 2.17. The van der Waals surface area contributed by atoms with Gasteiger partial charge in [0.15, 0.2) is 5.78 Å². The Hall–Kier alpha value is -2.55. The van der Waals surface area contributed by atoms with Gasteiger partial charge in [-0.3, -0.25) is 9.59 Å². The third-order valence-corrected chi connectivity index (χ3v) is 9.15. The van der Waals surface area contributed by atoms with Gasteiger partial charge in [0.05, 0.1) is 6.04 Å². The highest BCUT2D eigenvalue weighted by atomic mass is 32.2. The van der Waals surface area contributed by atoms with E-state index in [1.54, 1.807) is 23.6 Å². The van der Waals surface area contributed by atoms with Crippen molar-refractivity contribution < 1.29 is 18.0 Å². The largest absolute Gasteiger partial charge is 0.321 e. The minimum absolute atomic E-state index is 0.104. The zero-order valence-electron chi connectivity index (χ0n) is 16.1. The van der Waals surface area contributed by atoms with E-state index in [2.05, 4.69) is 5.32 Å². The fourth-order valence-corrected chi connectivity index (χ4v) is 7.25. The highest BCUT2D eigenvalue weighted by Gasteiger charge is 2.38. The van der Waals surface area contributed by atoms with Crippen molar-refractivity contribution in [2.75, 3.05) is 11.9 Å². The predicted octanol–water partition coefficient (Wildman–Crippen LogP) is 3.82. The fourth-order valence-electron chi connectivity index (χ4n) is 4.45. The average Bonchev–Trinajstić information content (AvgIpc) is 3.40. The molecule has 1 unspecified atom stereocenters. The Morgan fingerprint density at radius 3 is 2.80 bits per heavy atom. The van der Waals surface area contributed by atoms with Crippen molar-refractivity contribution in [1.29, 1.82) is 0 Å². The number of carbonyl (C=O) groups is 2. The third kappa shape index (κ3) is 3.07. The average molecular weight is 441 g/mol. The quantitative estimate of drug-likeness (QED) is 0.654. The van der Waals surface area contributed by atoms with Crippen molar-refractivity contribution in [2.45, 2.75) is 35.9 Å². The summed E-state index contributed by atoms with van der Waals surface area (Å²) in [6.07, 6.45) is 2.25. The van der Waals surface area contributed by atoms with E-state index in [0.717, 1.165) is 34.9 Å². The number of hydrogen-bond acceptors (Lipinski definition) is 5. The second-order valence-corrected chi connectivity index (χ2v) is 10.7. The number of thiophene rings is 1. The predicted molar refractivity (Wildman–Crippen MR) is 116 cm³/mol. The first-order valence-electron chi connectivity index (χ1n) is 9.91. The molecule has 5 rings (SSSR count). The molecule has 1 atom stereocenters. The molecule has 1 fully saturated rings. The minimum atomic E-state index is -3.68. The molecule has 0 spiro atoms. The van der Waals surface area contributed by atoms with E-state index in [9.17, 15) is 18.0 Å². The van der Waals surface area contributed by atoms with Crippen LogP contribution < -0.4 is 5.32 Å². The van der Waals surface area contributed by atoms with Gasteiger partial charge in [0.1, 0.15) is 4.21 Å². The molecule has 8 heteroatoms. The van der Waals surface area contributed by atoms with Crippen LogP contribution in [-0.2, 0) is 21.2 Å². The Morgan fingerprint density at radius 2 is 2.00 bits per heavy atom. The molecule has 0 saturated carbocycles. The number of Topliss-reactive ketones (excluding diaryl/α,β-unsaturated/α-hetero) is 1. The number of anilines is 1. The lowest BCUT2D eigenvalue weighted by molar-refractivity contribution is -0.122. The monoisotopic (exact) mass is 440 g/mol. The van der Waals surface area contributed by atoms with Crippen LogP contribution in [0.25, 0.3) is 10.8 Å². The Labute approximate surface area is 178 Å². The molecule has 0 radical (unpaired) electrons. The molecule has 2 aliphatic heterocycles. The van der Waals surface area contributed by atoms with Crippen molar-refractivity contribution in [3.63, 3.8) is 0 Å². The minimum Gasteiger partial charge on any atom is -0.321 e. The van der Waals surface area contributed by atoms with Crippen LogP contribution in [0.15, 0.2) is 52.1 Å². The summed E-state index contributed by atoms with van der Waals surface area (Å²) < 4.78 is 27.9. The Kier molecular flexibility index (Phi) is 4.72. The highest BCUT2D eigenvalue weighted by Crippen LogP contribution is 2.36. The van der Waals surface area contributed by atoms with Gasteiger partial charge in [0.2, 0.25) is 0 Å². The van der Waals surface area contributed by atoms with Crippen LogP contribution in [0.3, 0.4) is 0 Å². The van der Waals surface area contributed by atoms with Crippen molar-refractivity contribution in [3.05, 3.63) is 59.0 Å². The summed E-state index contributed by atoms with van der Waals surface area (Å²) in [7, 11) is -3.68. The maximum absolute atomic E-state index is 13.3. The molecule has 1 aromatic heterocycles. The maximum Gasteiger partial charge on any atom is 0.256 e. The van der Waals surface area contributed by atoms with E-state index in [-0.39, 0.29) is 22.3 Å². The van der Waals surface area contributed by atoms with Crippen LogP contribution in [0.5, 0.6) is 0 Å². The summed E-state index contributed by atoms with van der Waals surface area (Å²) in [6, 6.07) is 11.8. The van der Waals surface area contributed by atoms with Gasteiger partial charge in [-0.2, -0.15) is 4.31 Å². The SMILES string of the molecule is O=C1Nc2ccc(CC(=O)C3CCCCN3S(=O)(=O)c3cccs3)c3cccc1c23. The number of nitrogens with one attached hydrogen (secondary N) is 1. The highest BCUT2D eigenvalue weighted by molar-refractivity contribution is 7.91. The van der Waals surface area contributed by atoms with Crippen LogP contribution in [0, 0.1) is 0 Å². The lowest BCUT2D eigenvalue weighted by Gasteiger charge is -2.33. The van der Waals surface area contributed by atoms with Crippen LogP contribution >= 0.6 is 11.3 Å². The number of sulfonamides is 1. The number of nitrogens with zero attached hydrogens (tertiary/aromatic N) is 1. The van der Waals surface area contributed by atoms with E-state index < -0.39 is 16.1 Å². The first kappa shape index (κ1) is 19.4. The summed E-state index contributed by atoms with van der Waals surface area (Å²) in [5.74, 6) is -0.243. The molecule has 3 aromatic rings. The van der Waals surface area contributed by atoms with Crippen LogP contribution in [0.1, 0.15) is 35.2 Å². The second kappa shape index (κ2) is 7.30. The van der Waals surface area contributed by atoms with Gasteiger partial charge >= 0.3 is 0 Å². The molecule has 2 aromatic carbocycles. The van der Waals surface area contributed by atoms with Crippen LogP contribution in [0.4, 0.5) is 5.69 Å². The standard InChI is InChI=1S/C22H20N2O4S2/c25-19(18-7-1-2-11-24(18)30(27,28)20-8-4-12-29-20)13-14-9-10-17-21-15(14)5-3-6-16(21)22(26)23-17/h3-6,8-10,12,18H,1-2,7,11,13H2,(H,23,26). The van der Waals surface area contributed by atoms with Crippen LogP contribution in [0.2, 0.25) is 0 Å². The first-order chi connectivity index (χ1) is 14.5. The molecule has 1 saturated heterocycles. The van der Waals surface area contributed by atoms with Gasteiger partial charge in [0.25, 0.3) is 15.9 Å². The zero-order valence-corrected chi connectivity index (χ0v) is 17.8. The normalized spacial score (nSPS) is 19.2. The zero-order chi connectivity index (χ0) is 20.9. The smallest absolute Gasteiger partial charge is 0.256 e. The molecule has 2 aliphatic rings. The van der Waals surface area contributed by atoms with Gasteiger partial charge in [-0.1, -0.05) is 30.7 Å². The summed E-state index contributed by atoms with van der Waals surface area (Å²) in [4.78, 5) is 25.4. The van der Waals surface area contributed by atoms with E-state index in [1.807, 2.05) is 24.3 Å².